The van der Waals surface area contributed by atoms with Gasteiger partial charge in [-0.3, -0.25) is 38.5 Å². The van der Waals surface area contributed by atoms with Crippen molar-refractivity contribution in [3.63, 3.8) is 0 Å². The number of aliphatic hydroxyl groups excluding tert-OH is 1. The highest BCUT2D eigenvalue weighted by atomic mass is 35.5. The number of piperazine rings is 1. The van der Waals surface area contributed by atoms with E-state index in [0.29, 0.717) is 23.4 Å². The van der Waals surface area contributed by atoms with Gasteiger partial charge in [-0.2, -0.15) is 0 Å². The molecule has 1 spiro atoms. The molecule has 4 aliphatic heterocycles. The van der Waals surface area contributed by atoms with Crippen molar-refractivity contribution < 1.29 is 24.3 Å². The number of benzene rings is 2. The Kier molecular flexibility index (Phi) is 14.5. The van der Waals surface area contributed by atoms with Crippen molar-refractivity contribution >= 4 is 63.6 Å². The number of aromatic nitrogens is 4. The highest BCUT2D eigenvalue weighted by Crippen LogP contribution is 2.52. The van der Waals surface area contributed by atoms with Crippen LogP contribution in [0.3, 0.4) is 0 Å². The average molecular weight is 1080 g/mol. The number of β-amino-alcohol motifs (C(OH)–C–C–N with tert-alkyl or cyclic N) is 1. The van der Waals surface area contributed by atoms with Crippen molar-refractivity contribution in [3.8, 4) is 15.4 Å². The van der Waals surface area contributed by atoms with Crippen LogP contribution >= 0.6 is 34.3 Å². The standard InChI is InChI=1S/C56H70ClN11O5S2/c1-30-24-66(41-21-56(22-41)27-65(28-56)46(71)20-43-51-63-62-36(7)68(51)54-47(32(3)35(6)75-54)48(60-43)38-15-17-40(57)18-16-38)31(2)23-64(30)26-45(70)61-50(55(8,9)10)53(73)67-25-42(69)19-44(67)52(72)59-33(4)37-11-13-39(14-12-37)49-34(5)58-29-74-49/h11-18,29-31,33,41-44,50,69H,19-28H2,1-10H3,(H,59,72)(H,61,70)/t30-,31+,33?,42+,43-,44-,50+/m0/s1. The molecule has 7 heterocycles. The molecule has 3 aromatic heterocycles. The molecule has 16 nitrogen and oxygen atoms in total. The van der Waals surface area contributed by atoms with E-state index >= 15 is 0 Å². The number of thiazole rings is 1. The van der Waals surface area contributed by atoms with E-state index in [4.69, 9.17) is 16.6 Å². The van der Waals surface area contributed by atoms with Crippen LogP contribution in [0.1, 0.15) is 124 Å². The summed E-state index contributed by atoms with van der Waals surface area (Å²) in [6, 6.07) is 13.8. The van der Waals surface area contributed by atoms with E-state index in [1.807, 2.05) is 100 Å². The Bertz CT molecular complexity index is 3020. The van der Waals surface area contributed by atoms with E-state index in [-0.39, 0.29) is 73.1 Å². The minimum atomic E-state index is -0.918. The van der Waals surface area contributed by atoms with Gasteiger partial charge in [0, 0.05) is 83.7 Å². The van der Waals surface area contributed by atoms with Crippen LogP contribution in [0.2, 0.25) is 5.02 Å². The van der Waals surface area contributed by atoms with Gasteiger partial charge in [0.05, 0.1) is 46.9 Å². The molecular formula is C56H70ClN11O5S2. The van der Waals surface area contributed by atoms with Crippen molar-refractivity contribution in [1.82, 2.24) is 50.0 Å². The zero-order chi connectivity index (χ0) is 53.4. The Hall–Kier alpha value is -5.37. The number of halogens is 1. The first-order valence-corrected chi connectivity index (χ1v) is 28.4. The quantitative estimate of drug-likeness (QED) is 0.114. The number of fused-ring (bicyclic) bond motifs is 3. The number of nitrogens with zero attached hydrogens (tertiary/aromatic N) is 9. The summed E-state index contributed by atoms with van der Waals surface area (Å²) in [5.74, 6) is 0.532. The van der Waals surface area contributed by atoms with Crippen LogP contribution < -0.4 is 10.6 Å². The number of thiophene rings is 1. The van der Waals surface area contributed by atoms with E-state index in [1.165, 1.54) is 9.78 Å². The molecule has 7 atom stereocenters. The first-order valence-electron chi connectivity index (χ1n) is 26.3. The summed E-state index contributed by atoms with van der Waals surface area (Å²) in [4.78, 5) is 76.7. The van der Waals surface area contributed by atoms with E-state index in [1.54, 1.807) is 22.7 Å². The third-order valence-corrected chi connectivity index (χ3v) is 18.9. The Morgan fingerprint density at radius 2 is 1.60 bits per heavy atom. The predicted molar refractivity (Wildman–Crippen MR) is 293 cm³/mol. The Labute approximate surface area is 453 Å². The third kappa shape index (κ3) is 10.3. The lowest BCUT2D eigenvalue weighted by Crippen LogP contribution is -2.70. The fraction of sp³-hybridized carbons (Fsp3) is 0.536. The zero-order valence-corrected chi connectivity index (χ0v) is 47.1. The SMILES string of the molecule is Cc1ncsc1-c1ccc(C(C)NC(=O)[C@@H]2C[C@@H](O)CN2C(=O)[C@@H](NC(=O)CN2C[C@@H](C)N(C3CC4(C3)CN(C(=O)C[C@@H]3N=C(c5ccc(Cl)cc5)c5c(sc(C)c5C)-n5c(C)nnc53)C4)C[C@@H]2C)C(C)(C)C)cc1. The molecule has 0 radical (unpaired) electrons. The van der Waals surface area contributed by atoms with Crippen molar-refractivity contribution in [1.29, 1.82) is 0 Å². The van der Waals surface area contributed by atoms with Gasteiger partial charge in [-0.05, 0) is 95.5 Å². The largest absolute Gasteiger partial charge is 0.391 e. The van der Waals surface area contributed by atoms with Crippen molar-refractivity contribution in [3.05, 3.63) is 104 Å². The highest BCUT2D eigenvalue weighted by Gasteiger charge is 2.56. The molecule has 1 saturated carbocycles. The molecule has 4 fully saturated rings. The van der Waals surface area contributed by atoms with Gasteiger partial charge in [0.2, 0.25) is 23.6 Å². The van der Waals surface area contributed by atoms with Gasteiger partial charge >= 0.3 is 0 Å². The molecule has 75 heavy (non-hydrogen) atoms. The van der Waals surface area contributed by atoms with E-state index in [0.717, 1.165) is 87.4 Å². The van der Waals surface area contributed by atoms with Gasteiger partial charge < -0.3 is 25.5 Å². The highest BCUT2D eigenvalue weighted by molar-refractivity contribution is 7.15. The lowest BCUT2D eigenvalue weighted by Gasteiger charge is -2.63. The number of likely N-dealkylation sites (tertiary alicyclic amines) is 2. The molecule has 19 heteroatoms. The molecular weight excluding hydrogens is 1010 g/mol. The van der Waals surface area contributed by atoms with E-state index in [2.05, 4.69) is 67.9 Å². The maximum atomic E-state index is 14.5. The fourth-order valence-corrected chi connectivity index (χ4v) is 14.3. The van der Waals surface area contributed by atoms with Crippen molar-refractivity contribution in [2.75, 3.05) is 39.3 Å². The van der Waals surface area contributed by atoms with Crippen molar-refractivity contribution in [2.45, 2.75) is 143 Å². The second kappa shape index (κ2) is 20.5. The monoisotopic (exact) mass is 1080 g/mol. The number of hydrogen-bond donors (Lipinski definition) is 3. The summed E-state index contributed by atoms with van der Waals surface area (Å²) in [5.41, 5.74) is 8.17. The maximum Gasteiger partial charge on any atom is 0.246 e. The fourth-order valence-electron chi connectivity index (χ4n) is 12.2. The maximum absolute atomic E-state index is 14.5. The van der Waals surface area contributed by atoms with Crippen molar-refractivity contribution in [2.24, 2.45) is 15.8 Å². The third-order valence-electron chi connectivity index (χ3n) is 16.5. The van der Waals surface area contributed by atoms with Crippen LogP contribution in [0.4, 0.5) is 0 Å². The van der Waals surface area contributed by atoms with Gasteiger partial charge in [0.25, 0.3) is 0 Å². The minimum Gasteiger partial charge on any atom is -0.391 e. The first-order chi connectivity index (χ1) is 35.6. The summed E-state index contributed by atoms with van der Waals surface area (Å²) in [6.07, 6.45) is 1.47. The molecule has 3 N–H and O–H groups in total. The smallest absolute Gasteiger partial charge is 0.246 e. The summed E-state index contributed by atoms with van der Waals surface area (Å²) in [7, 11) is 0. The molecule has 1 unspecified atom stereocenters. The van der Waals surface area contributed by atoms with E-state index < -0.39 is 29.6 Å². The van der Waals surface area contributed by atoms with E-state index in [9.17, 15) is 24.3 Å². The average Bonchev–Trinajstić information content (AvgIpc) is 4.12. The number of rotatable bonds is 12. The number of aryl methyl sites for hydroxylation is 3. The molecule has 5 aromatic rings. The van der Waals surface area contributed by atoms with Gasteiger partial charge in [-0.25, -0.2) is 4.98 Å². The number of aliphatic hydroxyl groups is 1. The normalized spacial score (nSPS) is 23.6. The summed E-state index contributed by atoms with van der Waals surface area (Å²) in [6.45, 7) is 23.3. The molecule has 1 aliphatic carbocycles. The van der Waals surface area contributed by atoms with Crippen LogP contribution in [0, 0.1) is 38.5 Å². The minimum absolute atomic E-state index is 0.00700. The van der Waals surface area contributed by atoms with Crippen LogP contribution in [-0.4, -0.2) is 149 Å². The Morgan fingerprint density at radius 1 is 0.907 bits per heavy atom. The number of aliphatic imine (C=N–C) groups is 1. The second-order valence-electron chi connectivity index (χ2n) is 23.1. The molecule has 3 saturated heterocycles. The van der Waals surface area contributed by atoms with Crippen LogP contribution in [0.5, 0.6) is 0 Å². The van der Waals surface area contributed by atoms with Gasteiger partial charge in [-0.1, -0.05) is 68.8 Å². The molecule has 2 aromatic carbocycles. The van der Waals surface area contributed by atoms with Crippen LogP contribution in [-0.2, 0) is 19.2 Å². The van der Waals surface area contributed by atoms with Gasteiger partial charge in [0.1, 0.15) is 29.0 Å². The molecule has 0 bridgehead atoms. The van der Waals surface area contributed by atoms with Gasteiger partial charge in [-0.15, -0.1) is 32.9 Å². The number of hydrogen-bond acceptors (Lipinski definition) is 13. The first kappa shape index (κ1) is 53.0. The summed E-state index contributed by atoms with van der Waals surface area (Å²) < 4.78 is 2.09. The second-order valence-corrected chi connectivity index (χ2v) is 25.6. The number of carbonyl (C=O) groups is 4. The number of nitrogens with one attached hydrogen (secondary N) is 2. The van der Waals surface area contributed by atoms with Gasteiger partial charge in [0.15, 0.2) is 5.82 Å². The molecule has 4 amide bonds. The summed E-state index contributed by atoms with van der Waals surface area (Å²) >= 11 is 9.60. The molecule has 398 valence electrons. The predicted octanol–water partition coefficient (Wildman–Crippen LogP) is 7.38. The topological polar surface area (TPSA) is 181 Å². The van der Waals surface area contributed by atoms with Crippen LogP contribution in [0.25, 0.3) is 15.4 Å². The zero-order valence-electron chi connectivity index (χ0n) is 44.7. The lowest BCUT2D eigenvalue weighted by molar-refractivity contribution is -0.162. The van der Waals surface area contributed by atoms with Crippen LogP contribution in [0.15, 0.2) is 59.0 Å². The Balaban J connectivity index is 0.722. The Morgan fingerprint density at radius 3 is 2.27 bits per heavy atom. The lowest BCUT2D eigenvalue weighted by atomic mass is 9.60. The summed E-state index contributed by atoms with van der Waals surface area (Å²) in [5, 5.41) is 27.7. The molecule has 5 aliphatic rings. The molecule has 10 rings (SSSR count). The number of amides is 4. The number of carbonyl (C=O) groups excluding carboxylic acids is 4.